The van der Waals surface area contributed by atoms with E-state index < -0.39 is 29.6 Å². The lowest BCUT2D eigenvalue weighted by atomic mass is 10.2. The summed E-state index contributed by atoms with van der Waals surface area (Å²) in [5.41, 5.74) is 11.4. The van der Waals surface area contributed by atoms with Crippen LogP contribution in [0.3, 0.4) is 0 Å². The van der Waals surface area contributed by atoms with E-state index in [4.69, 9.17) is 40.2 Å². The molecule has 0 aliphatic heterocycles. The number of hydrogen-bond donors (Lipinski definition) is 0. The van der Waals surface area contributed by atoms with Gasteiger partial charge >= 0.3 is 0 Å². The quantitative estimate of drug-likeness (QED) is 0.0224. The average molecular weight is 1560 g/mol. The molecule has 16 nitrogen and oxygen atoms in total. The molecule has 0 aliphatic carbocycles. The lowest BCUT2D eigenvalue weighted by Crippen LogP contribution is -2.39. The van der Waals surface area contributed by atoms with E-state index >= 15 is 0 Å². The fourth-order valence-electron chi connectivity index (χ4n) is 10.1. The number of aryl methyl sites for hydroxylation is 16. The fourth-order valence-corrected chi connectivity index (χ4v) is 10.1. The van der Waals surface area contributed by atoms with Gasteiger partial charge in [0.05, 0.1) is 0 Å². The van der Waals surface area contributed by atoms with E-state index in [1.807, 2.05) is 0 Å². The molecule has 8 aromatic heterocycles. The number of aromatic nitrogens is 8. The predicted octanol–water partition coefficient (Wildman–Crippen LogP) is 9.34. The van der Waals surface area contributed by atoms with Gasteiger partial charge in [-0.15, -0.1) is 0 Å². The van der Waals surface area contributed by atoms with Crippen molar-refractivity contribution in [3.05, 3.63) is 241 Å². The number of halogens is 4. The van der Waals surface area contributed by atoms with Crippen LogP contribution in [-0.4, -0.2) is 29.6 Å². The molecule has 0 unspecified atom stereocenters. The number of rotatable bonds is 32. The molecule has 8 rings (SSSR count). The highest BCUT2D eigenvalue weighted by Crippen LogP contribution is 2.03. The third-order valence-electron chi connectivity index (χ3n) is 16.8. The molecule has 624 valence electrons. The first-order valence-electron chi connectivity index (χ1n) is 41.5. The van der Waals surface area contributed by atoms with Gasteiger partial charge in [0.1, 0.15) is 81.9 Å². The molecule has 0 saturated heterocycles. The van der Waals surface area contributed by atoms with Crippen LogP contribution in [0.4, 0.5) is 17.3 Å². The van der Waals surface area contributed by atoms with Gasteiger partial charge in [-0.1, -0.05) is 162 Å². The van der Waals surface area contributed by atoms with E-state index in [0.29, 0.717) is 0 Å². The van der Waals surface area contributed by atoms with Crippen LogP contribution in [0.15, 0.2) is 196 Å². The van der Waals surface area contributed by atoms with E-state index in [0.717, 1.165) is 104 Å². The Morgan fingerprint density at radius 1 is 0.196 bits per heavy atom. The lowest BCUT2D eigenvalue weighted by molar-refractivity contribution is -0.697. The van der Waals surface area contributed by atoms with Gasteiger partial charge < -0.3 is 57.5 Å². The Labute approximate surface area is 678 Å². The molecule has 8 aromatic rings. The minimum atomic E-state index is -3.17. The topological polar surface area (TPSA) is 216 Å². The van der Waals surface area contributed by atoms with Crippen molar-refractivity contribution in [1.82, 2.24) is 0 Å². The monoisotopic (exact) mass is 1560 g/mol. The van der Waals surface area contributed by atoms with Crippen molar-refractivity contribution < 1.29 is 94.0 Å². The summed E-state index contributed by atoms with van der Waals surface area (Å²) in [4.78, 5) is 0. The van der Waals surface area contributed by atoms with Gasteiger partial charge in [-0.05, 0) is 99.9 Å². The molecule has 112 heavy (non-hydrogen) atoms. The van der Waals surface area contributed by atoms with Crippen LogP contribution in [0.1, 0.15) is 258 Å². The zero-order valence-corrected chi connectivity index (χ0v) is 71.8. The molecule has 0 spiro atoms. The number of hydrogen-bond acceptors (Lipinski definition) is 8. The van der Waals surface area contributed by atoms with Gasteiger partial charge in [0.15, 0.2) is 99.1 Å². The number of unbranched alkanes of at least 4 members (excludes halogenated alkanes) is 8. The van der Waals surface area contributed by atoms with Crippen molar-refractivity contribution in [2.75, 3.05) is 0 Å². The second-order valence-corrected chi connectivity index (χ2v) is 26.4. The van der Waals surface area contributed by atoms with Gasteiger partial charge in [0.2, 0.25) is 0 Å². The van der Waals surface area contributed by atoms with Gasteiger partial charge in [0.25, 0.3) is 0 Å². The van der Waals surface area contributed by atoms with Crippen LogP contribution >= 0.6 is 0 Å². The summed E-state index contributed by atoms with van der Waals surface area (Å²) in [7, 11) is -12.7. The summed E-state index contributed by atoms with van der Waals surface area (Å²) in [5, 5.41) is 66.4. The van der Waals surface area contributed by atoms with Crippen LogP contribution in [0, 0.1) is 0 Å². The Morgan fingerprint density at radius 3 is 0.357 bits per heavy atom. The smallest absolute Gasteiger partial charge is 0.171 e. The fraction of sp³-hybridized carbons (Fsp3) is 0.545. The first-order valence-corrected chi connectivity index (χ1v) is 41.5. The van der Waals surface area contributed by atoms with E-state index in [9.17, 15) is 17.3 Å². The highest BCUT2D eigenvalue weighted by atomic mass is 19.1. The molecule has 0 atom stereocenters. The predicted molar refractivity (Wildman–Crippen MR) is 435 cm³/mol. The zero-order valence-electron chi connectivity index (χ0n) is 71.8. The standard InChI is InChI=1S/8C11H18N.4BFO2/c8*1-3-5-8-12-9-6-7-11(4-2)10-12;4*2-1(3)4/h8*6-7,9-10H,3-5,8H2,1-2H3;;;;/q8*+1;4*-2. The summed E-state index contributed by atoms with van der Waals surface area (Å²) < 4.78 is 57.8. The van der Waals surface area contributed by atoms with Crippen molar-refractivity contribution in [2.24, 2.45) is 0 Å². The maximum Gasteiger partial charge on any atom is 0.171 e. The molecule has 8 heterocycles. The van der Waals surface area contributed by atoms with Crippen LogP contribution in [-0.2, 0) is 104 Å². The second kappa shape index (κ2) is 80.5. The Balaban J connectivity index is -0.000000578. The van der Waals surface area contributed by atoms with Crippen molar-refractivity contribution >= 4 is 29.6 Å². The third kappa shape index (κ3) is 73.1. The Hall–Kier alpha value is -7.14. The summed E-state index contributed by atoms with van der Waals surface area (Å²) in [5.74, 6) is 0. The summed E-state index contributed by atoms with van der Waals surface area (Å²) in [6, 6.07) is 34.5. The Morgan fingerprint density at radius 2 is 0.286 bits per heavy atom. The van der Waals surface area contributed by atoms with Gasteiger partial charge in [-0.25, -0.2) is 36.5 Å². The Bertz CT molecular complexity index is 2730. The summed E-state index contributed by atoms with van der Waals surface area (Å²) in [6.07, 6.45) is 64.5. The van der Waals surface area contributed by atoms with Crippen molar-refractivity contribution in [3.8, 4) is 0 Å². The minimum absolute atomic E-state index is 1.13. The zero-order chi connectivity index (χ0) is 84.8. The molecular formula is C88H144B4F4N8O8. The van der Waals surface area contributed by atoms with Crippen LogP contribution < -0.4 is 76.7 Å². The highest BCUT2D eigenvalue weighted by molar-refractivity contribution is 6.27. The molecule has 0 aromatic carbocycles. The average Bonchev–Trinajstić information content (AvgIpc) is 0.984. The summed E-state index contributed by atoms with van der Waals surface area (Å²) >= 11 is 0. The Kier molecular flexibility index (Phi) is 79.9. The molecule has 0 bridgehead atoms. The van der Waals surface area contributed by atoms with E-state index in [-0.39, 0.29) is 0 Å². The third-order valence-corrected chi connectivity index (χ3v) is 16.8. The first-order chi connectivity index (χ1) is 53.8. The number of pyridine rings is 8. The molecule has 0 fully saturated rings. The van der Waals surface area contributed by atoms with Gasteiger partial charge in [-0.2, -0.15) is 0 Å². The molecule has 24 heteroatoms. The lowest BCUT2D eigenvalue weighted by Gasteiger charge is -2.09. The summed E-state index contributed by atoms with van der Waals surface area (Å²) in [6.45, 7) is 44.6. The maximum absolute atomic E-state index is 9.89. The SMILES string of the molecule is CCCC[n+]1cccc(CC)c1.CCCC[n+]1cccc(CC)c1.CCCC[n+]1cccc(CC)c1.CCCC[n+]1cccc(CC)c1.CCCC[n+]1cccc(CC)c1.CCCC[n+]1cccc(CC)c1.CCCC[n+]1cccc(CC)c1.CCCC[n+]1cccc(CC)c1.[O-]B([O-])F.[O-]B([O-])F.[O-]B([O-])F.[O-]B([O-])F. The molecule has 0 radical (unpaired) electrons. The van der Waals surface area contributed by atoms with E-state index in [2.05, 4.69) is 344 Å². The van der Waals surface area contributed by atoms with Gasteiger partial charge in [-0.3, -0.25) is 0 Å². The van der Waals surface area contributed by atoms with E-state index in [1.54, 1.807) is 0 Å². The normalized spacial score (nSPS) is 9.68. The van der Waals surface area contributed by atoms with Crippen molar-refractivity contribution in [1.29, 1.82) is 0 Å². The first kappa shape index (κ1) is 111. The second-order valence-electron chi connectivity index (χ2n) is 26.4. The van der Waals surface area contributed by atoms with Crippen LogP contribution in [0.2, 0.25) is 0 Å². The largest absolute Gasteiger partial charge is 0.867 e. The molecule has 0 amide bonds. The van der Waals surface area contributed by atoms with Gasteiger partial charge in [0, 0.05) is 144 Å². The van der Waals surface area contributed by atoms with Crippen LogP contribution in [0.25, 0.3) is 0 Å². The molecule has 0 saturated carbocycles. The molecule has 0 N–H and O–H groups in total. The highest BCUT2D eigenvalue weighted by Gasteiger charge is 2.06. The van der Waals surface area contributed by atoms with Crippen molar-refractivity contribution in [2.45, 2.75) is 317 Å². The number of nitrogens with zero attached hydrogens (tertiary/aromatic N) is 8. The van der Waals surface area contributed by atoms with E-state index in [1.165, 1.54) is 147 Å². The maximum atomic E-state index is 9.89. The molecular weight excluding hydrogens is 1420 g/mol. The molecule has 0 aliphatic rings. The van der Waals surface area contributed by atoms with Crippen LogP contribution in [0.5, 0.6) is 0 Å². The minimum Gasteiger partial charge on any atom is -0.867 e. The van der Waals surface area contributed by atoms with Crippen molar-refractivity contribution in [3.63, 3.8) is 0 Å².